The Kier molecular flexibility index (Phi) is 4.87. The van der Waals surface area contributed by atoms with Crippen LogP contribution in [0.25, 0.3) is 5.69 Å². The van der Waals surface area contributed by atoms with Crippen molar-refractivity contribution in [3.05, 3.63) is 65.6 Å². The summed E-state index contributed by atoms with van der Waals surface area (Å²) in [5, 5.41) is 8.36. The maximum Gasteiger partial charge on any atom is 0.417 e. The first kappa shape index (κ1) is 20.5. The van der Waals surface area contributed by atoms with Gasteiger partial charge in [0.15, 0.2) is 0 Å². The molecule has 2 unspecified atom stereocenters. The molecule has 1 saturated heterocycles. The molecule has 2 aliphatic rings. The minimum Gasteiger partial charge on any atom is -0.472 e. The fourth-order valence-corrected chi connectivity index (χ4v) is 4.68. The van der Waals surface area contributed by atoms with Gasteiger partial charge in [0.05, 0.1) is 29.6 Å². The van der Waals surface area contributed by atoms with E-state index in [-0.39, 0.29) is 29.9 Å². The number of ether oxygens (including phenoxy) is 1. The highest BCUT2D eigenvalue weighted by molar-refractivity contribution is 5.98. The van der Waals surface area contributed by atoms with E-state index in [1.54, 1.807) is 23.4 Å². The van der Waals surface area contributed by atoms with E-state index in [4.69, 9.17) is 4.74 Å². The molecule has 166 valence electrons. The Labute approximate surface area is 181 Å². The van der Waals surface area contributed by atoms with E-state index in [0.29, 0.717) is 17.8 Å². The van der Waals surface area contributed by atoms with Crippen LogP contribution in [0.1, 0.15) is 34.3 Å². The van der Waals surface area contributed by atoms with Crippen molar-refractivity contribution in [2.45, 2.75) is 38.1 Å². The first-order valence-corrected chi connectivity index (χ1v) is 10.3. The summed E-state index contributed by atoms with van der Waals surface area (Å²) in [6.07, 6.45) is 0.630. The lowest BCUT2D eigenvalue weighted by Crippen LogP contribution is -2.47. The lowest BCUT2D eigenvalue weighted by atomic mass is 10.0. The van der Waals surface area contributed by atoms with Crippen LogP contribution >= 0.6 is 0 Å². The van der Waals surface area contributed by atoms with Crippen LogP contribution in [0.5, 0.6) is 5.88 Å². The van der Waals surface area contributed by atoms with Crippen molar-refractivity contribution in [1.29, 1.82) is 0 Å². The predicted octanol–water partition coefficient (Wildman–Crippen LogP) is 3.67. The predicted molar refractivity (Wildman–Crippen MR) is 107 cm³/mol. The standard InChI is InChI=1S/C22H20F3N5O2/c1-13-3-2-4-16(20(13)30-27-7-8-28-30)21(31)29-12-14-9-17(29)18(10-14)32-19-6-5-15(11-26-19)22(23,24)25/h2-8,11,14,17-18H,9-10,12H2,1H3/t14?,17?,18-/m0/s1. The number of benzene rings is 1. The maximum absolute atomic E-state index is 13.5. The Hall–Kier alpha value is -3.43. The molecular formula is C22H20F3N5O2. The number of alkyl halides is 3. The summed E-state index contributed by atoms with van der Waals surface area (Å²) in [6.45, 7) is 2.51. The largest absolute Gasteiger partial charge is 0.472 e. The summed E-state index contributed by atoms with van der Waals surface area (Å²) in [6, 6.07) is 7.48. The number of amides is 1. The van der Waals surface area contributed by atoms with Crippen LogP contribution in [0.4, 0.5) is 13.2 Å². The number of pyridine rings is 1. The second-order valence-electron chi connectivity index (χ2n) is 8.19. The van der Waals surface area contributed by atoms with E-state index < -0.39 is 11.7 Å². The molecular weight excluding hydrogens is 423 g/mol. The van der Waals surface area contributed by atoms with Gasteiger partial charge in [-0.25, -0.2) is 4.98 Å². The van der Waals surface area contributed by atoms with Crippen LogP contribution in [0.15, 0.2) is 48.9 Å². The van der Waals surface area contributed by atoms with E-state index in [9.17, 15) is 18.0 Å². The van der Waals surface area contributed by atoms with Crippen LogP contribution in [-0.2, 0) is 6.18 Å². The Bertz CT molecular complexity index is 1130. The van der Waals surface area contributed by atoms with Crippen molar-refractivity contribution in [3.8, 4) is 11.6 Å². The molecule has 2 fully saturated rings. The van der Waals surface area contributed by atoms with Crippen LogP contribution in [0.3, 0.4) is 0 Å². The van der Waals surface area contributed by atoms with Crippen LogP contribution in [0.2, 0.25) is 0 Å². The van der Waals surface area contributed by atoms with Crippen molar-refractivity contribution in [2.75, 3.05) is 6.54 Å². The number of fused-ring (bicyclic) bond motifs is 2. The number of piperidine rings is 1. The molecule has 7 nitrogen and oxygen atoms in total. The van der Waals surface area contributed by atoms with Gasteiger partial charge in [-0.1, -0.05) is 12.1 Å². The second kappa shape index (κ2) is 7.61. The van der Waals surface area contributed by atoms with Gasteiger partial charge in [0, 0.05) is 18.8 Å². The van der Waals surface area contributed by atoms with E-state index in [0.717, 1.165) is 30.7 Å². The number of nitrogens with zero attached hydrogens (tertiary/aromatic N) is 5. The number of hydrogen-bond acceptors (Lipinski definition) is 5. The summed E-state index contributed by atoms with van der Waals surface area (Å²) < 4.78 is 44.2. The highest BCUT2D eigenvalue weighted by Crippen LogP contribution is 2.41. The van der Waals surface area contributed by atoms with Gasteiger partial charge in [-0.05, 0) is 43.4 Å². The average molecular weight is 443 g/mol. The number of aryl methyl sites for hydroxylation is 1. The third-order valence-electron chi connectivity index (χ3n) is 6.11. The van der Waals surface area contributed by atoms with E-state index in [1.807, 2.05) is 19.1 Å². The zero-order valence-corrected chi connectivity index (χ0v) is 17.2. The molecule has 3 heterocycles. The molecule has 2 aromatic heterocycles. The number of para-hydroxylation sites is 1. The van der Waals surface area contributed by atoms with E-state index in [1.165, 1.54) is 10.9 Å². The van der Waals surface area contributed by atoms with Gasteiger partial charge >= 0.3 is 6.18 Å². The number of carbonyl (C=O) groups excluding carboxylic acids is 1. The molecule has 1 amide bonds. The minimum absolute atomic E-state index is 0.125. The quantitative estimate of drug-likeness (QED) is 0.615. The van der Waals surface area contributed by atoms with Crippen LogP contribution < -0.4 is 4.74 Å². The molecule has 2 bridgehead atoms. The number of rotatable bonds is 4. The Balaban J connectivity index is 1.37. The lowest BCUT2D eigenvalue weighted by molar-refractivity contribution is -0.137. The van der Waals surface area contributed by atoms with Crippen molar-refractivity contribution in [3.63, 3.8) is 0 Å². The molecule has 1 saturated carbocycles. The third-order valence-corrected chi connectivity index (χ3v) is 6.11. The summed E-state index contributed by atoms with van der Waals surface area (Å²) in [5.41, 5.74) is 1.18. The first-order chi connectivity index (χ1) is 15.3. The summed E-state index contributed by atoms with van der Waals surface area (Å²) in [5.74, 6) is 0.265. The molecule has 0 N–H and O–H groups in total. The normalized spacial score (nSPS) is 22.4. The van der Waals surface area contributed by atoms with Gasteiger partial charge < -0.3 is 9.64 Å². The monoisotopic (exact) mass is 443 g/mol. The molecule has 0 radical (unpaired) electrons. The number of aromatic nitrogens is 4. The van der Waals surface area contributed by atoms with Crippen LogP contribution in [0, 0.1) is 12.8 Å². The summed E-state index contributed by atoms with van der Waals surface area (Å²) >= 11 is 0. The first-order valence-electron chi connectivity index (χ1n) is 10.3. The smallest absolute Gasteiger partial charge is 0.417 e. The fraction of sp³-hybridized carbons (Fsp3) is 0.364. The van der Waals surface area contributed by atoms with Gasteiger partial charge in [0.1, 0.15) is 11.8 Å². The number of hydrogen-bond donors (Lipinski definition) is 0. The van der Waals surface area contributed by atoms with Gasteiger partial charge in [-0.2, -0.15) is 28.2 Å². The van der Waals surface area contributed by atoms with Crippen molar-refractivity contribution in [1.82, 2.24) is 24.9 Å². The van der Waals surface area contributed by atoms with E-state index >= 15 is 0 Å². The molecule has 1 aliphatic carbocycles. The zero-order valence-electron chi connectivity index (χ0n) is 17.2. The topological polar surface area (TPSA) is 73.1 Å². The molecule has 32 heavy (non-hydrogen) atoms. The lowest BCUT2D eigenvalue weighted by Gasteiger charge is -2.33. The Morgan fingerprint density at radius 2 is 1.91 bits per heavy atom. The van der Waals surface area contributed by atoms with Gasteiger partial charge in [0.25, 0.3) is 5.91 Å². The Morgan fingerprint density at radius 3 is 2.56 bits per heavy atom. The molecule has 10 heteroatoms. The highest BCUT2D eigenvalue weighted by Gasteiger charge is 2.49. The average Bonchev–Trinajstić information content (AvgIpc) is 3.50. The number of likely N-dealkylation sites (tertiary alicyclic amines) is 1. The fourth-order valence-electron chi connectivity index (χ4n) is 4.68. The van der Waals surface area contributed by atoms with Crippen molar-refractivity contribution >= 4 is 5.91 Å². The number of halogens is 3. The molecule has 5 rings (SSSR count). The minimum atomic E-state index is -4.45. The molecule has 3 aromatic rings. The molecule has 3 atom stereocenters. The molecule has 0 spiro atoms. The number of carbonyl (C=O) groups is 1. The molecule has 1 aliphatic heterocycles. The maximum atomic E-state index is 13.5. The van der Waals surface area contributed by atoms with Crippen molar-refractivity contribution in [2.24, 2.45) is 5.92 Å². The third kappa shape index (κ3) is 3.59. The highest BCUT2D eigenvalue weighted by atomic mass is 19.4. The SMILES string of the molecule is Cc1cccc(C(=O)N2CC3CC2[C@@H](Oc2ccc(C(F)(F)F)cn2)C3)c1-n1nccn1. The zero-order chi connectivity index (χ0) is 22.5. The summed E-state index contributed by atoms with van der Waals surface area (Å²) in [7, 11) is 0. The van der Waals surface area contributed by atoms with Gasteiger partial charge in [0.2, 0.25) is 5.88 Å². The van der Waals surface area contributed by atoms with Gasteiger partial charge in [-0.15, -0.1) is 0 Å². The van der Waals surface area contributed by atoms with Gasteiger partial charge in [-0.3, -0.25) is 4.79 Å². The molecule has 1 aromatic carbocycles. The van der Waals surface area contributed by atoms with Crippen LogP contribution in [-0.4, -0.2) is 49.5 Å². The second-order valence-corrected chi connectivity index (χ2v) is 8.19. The van der Waals surface area contributed by atoms with Crippen molar-refractivity contribution < 1.29 is 22.7 Å². The van der Waals surface area contributed by atoms with E-state index in [2.05, 4.69) is 15.2 Å². The summed E-state index contributed by atoms with van der Waals surface area (Å²) in [4.78, 5) is 20.6. The Morgan fingerprint density at radius 1 is 1.12 bits per heavy atom.